The second-order valence-corrected chi connectivity index (χ2v) is 2.90. The summed E-state index contributed by atoms with van der Waals surface area (Å²) in [6.07, 6.45) is 0. The van der Waals surface area contributed by atoms with Crippen molar-refractivity contribution in [3.8, 4) is 12.0 Å². The normalized spacial score (nSPS) is 10.1. The first-order chi connectivity index (χ1) is 8.30. The third-order valence-electron chi connectivity index (χ3n) is 1.72. The van der Waals surface area contributed by atoms with Gasteiger partial charge in [0.2, 0.25) is 5.95 Å². The summed E-state index contributed by atoms with van der Waals surface area (Å²) in [6.45, 7) is 1.27. The van der Waals surface area contributed by atoms with Crippen molar-refractivity contribution in [1.29, 1.82) is 0 Å². The third kappa shape index (κ3) is 4.79. The van der Waals surface area contributed by atoms with Gasteiger partial charge in [-0.05, 0) is 0 Å². The first kappa shape index (κ1) is 13.4. The van der Waals surface area contributed by atoms with Crippen LogP contribution in [0.25, 0.3) is 0 Å². The molecule has 0 aliphatic heterocycles. The maximum atomic E-state index is 8.51. The topological polar surface area (TPSA) is 98.6 Å². The van der Waals surface area contributed by atoms with Crippen LogP contribution in [0.3, 0.4) is 0 Å². The fourth-order valence-corrected chi connectivity index (χ4v) is 1.00. The maximum absolute atomic E-state index is 8.51. The standard InChI is InChI=1S/C9H16N4O4/c1-15-8-11-7(12-9(13-8)16-2)10-3-5-17-6-4-14/h14H,3-6H2,1-2H3,(H,10,11,12,13). The number of anilines is 1. The lowest BCUT2D eigenvalue weighted by Gasteiger charge is -2.07. The summed E-state index contributed by atoms with van der Waals surface area (Å²) in [5, 5.41) is 11.4. The molecule has 0 amide bonds. The van der Waals surface area contributed by atoms with Crippen LogP contribution in [0.15, 0.2) is 0 Å². The lowest BCUT2D eigenvalue weighted by Crippen LogP contribution is -2.14. The summed E-state index contributed by atoms with van der Waals surface area (Å²) < 4.78 is 14.9. The fraction of sp³-hybridized carbons (Fsp3) is 0.667. The number of hydrogen-bond acceptors (Lipinski definition) is 8. The average molecular weight is 244 g/mol. The molecule has 0 aliphatic carbocycles. The van der Waals surface area contributed by atoms with Gasteiger partial charge in [0, 0.05) is 6.54 Å². The van der Waals surface area contributed by atoms with Crippen LogP contribution in [0.2, 0.25) is 0 Å². The molecule has 0 saturated heterocycles. The number of aliphatic hydroxyl groups is 1. The molecule has 0 radical (unpaired) electrons. The molecule has 8 heteroatoms. The molecule has 0 aromatic carbocycles. The molecule has 8 nitrogen and oxygen atoms in total. The molecule has 1 aromatic rings. The Morgan fingerprint density at radius 2 is 1.71 bits per heavy atom. The molecule has 1 aromatic heterocycles. The predicted molar refractivity (Wildman–Crippen MR) is 59.3 cm³/mol. The Balaban J connectivity index is 2.46. The number of nitrogens with one attached hydrogen (secondary N) is 1. The molecule has 2 N–H and O–H groups in total. The van der Waals surface area contributed by atoms with Gasteiger partial charge in [-0.1, -0.05) is 0 Å². The van der Waals surface area contributed by atoms with Crippen molar-refractivity contribution in [3.05, 3.63) is 0 Å². The van der Waals surface area contributed by atoms with Crippen molar-refractivity contribution >= 4 is 5.95 Å². The minimum atomic E-state index is 0.00734. The van der Waals surface area contributed by atoms with Gasteiger partial charge in [-0.2, -0.15) is 9.97 Å². The fourth-order valence-electron chi connectivity index (χ4n) is 1.00. The largest absolute Gasteiger partial charge is 0.467 e. The van der Waals surface area contributed by atoms with Crippen LogP contribution in [0.4, 0.5) is 5.95 Å². The molecule has 0 spiro atoms. The molecule has 96 valence electrons. The molecule has 0 unspecified atom stereocenters. The second-order valence-electron chi connectivity index (χ2n) is 2.90. The van der Waals surface area contributed by atoms with Gasteiger partial charge in [-0.3, -0.25) is 0 Å². The number of nitrogens with zero attached hydrogens (tertiary/aromatic N) is 3. The van der Waals surface area contributed by atoms with Crippen LogP contribution in [0, 0.1) is 0 Å². The van der Waals surface area contributed by atoms with Crippen molar-refractivity contribution in [2.75, 3.05) is 45.9 Å². The van der Waals surface area contributed by atoms with Gasteiger partial charge in [0.05, 0.1) is 34.0 Å². The molecule has 1 rings (SSSR count). The van der Waals surface area contributed by atoms with E-state index in [1.54, 1.807) is 0 Å². The Bertz CT molecular complexity index is 315. The van der Waals surface area contributed by atoms with Crippen molar-refractivity contribution in [2.24, 2.45) is 0 Å². The zero-order chi connectivity index (χ0) is 12.5. The first-order valence-electron chi connectivity index (χ1n) is 5.06. The Hall–Kier alpha value is -1.67. The number of ether oxygens (including phenoxy) is 3. The minimum absolute atomic E-state index is 0.00734. The zero-order valence-electron chi connectivity index (χ0n) is 9.84. The smallest absolute Gasteiger partial charge is 0.324 e. The van der Waals surface area contributed by atoms with E-state index in [1.165, 1.54) is 14.2 Å². The van der Waals surface area contributed by atoms with Gasteiger partial charge in [-0.15, -0.1) is 4.98 Å². The van der Waals surface area contributed by atoms with Crippen LogP contribution in [0.5, 0.6) is 12.0 Å². The second kappa shape index (κ2) is 7.58. The van der Waals surface area contributed by atoms with Crippen LogP contribution in [-0.4, -0.2) is 60.6 Å². The molecule has 0 bridgehead atoms. The Kier molecular flexibility index (Phi) is 5.97. The van der Waals surface area contributed by atoms with E-state index < -0.39 is 0 Å². The highest BCUT2D eigenvalue weighted by Gasteiger charge is 2.05. The van der Waals surface area contributed by atoms with E-state index in [0.717, 1.165) is 0 Å². The van der Waals surface area contributed by atoms with Crippen LogP contribution < -0.4 is 14.8 Å². The van der Waals surface area contributed by atoms with E-state index in [1.807, 2.05) is 0 Å². The number of rotatable bonds is 8. The molecular weight excluding hydrogens is 228 g/mol. The van der Waals surface area contributed by atoms with Crippen molar-refractivity contribution in [2.45, 2.75) is 0 Å². The van der Waals surface area contributed by atoms with Crippen molar-refractivity contribution < 1.29 is 19.3 Å². The van der Waals surface area contributed by atoms with Gasteiger partial charge in [-0.25, -0.2) is 0 Å². The molecule has 0 atom stereocenters. The number of aliphatic hydroxyl groups excluding tert-OH is 1. The summed E-state index contributed by atoms with van der Waals surface area (Å²) >= 11 is 0. The van der Waals surface area contributed by atoms with E-state index in [0.29, 0.717) is 25.7 Å². The number of hydrogen-bond donors (Lipinski definition) is 2. The zero-order valence-corrected chi connectivity index (χ0v) is 9.84. The molecule has 1 heterocycles. The van der Waals surface area contributed by atoms with Crippen LogP contribution in [0.1, 0.15) is 0 Å². The Morgan fingerprint density at radius 3 is 2.24 bits per heavy atom. The summed E-state index contributed by atoms with van der Waals surface area (Å²) in [7, 11) is 2.92. The Labute approximate surface area is 99.0 Å². The lowest BCUT2D eigenvalue weighted by atomic mass is 10.6. The molecule has 17 heavy (non-hydrogen) atoms. The molecule has 0 aliphatic rings. The van der Waals surface area contributed by atoms with E-state index in [2.05, 4.69) is 20.3 Å². The van der Waals surface area contributed by atoms with Gasteiger partial charge in [0.15, 0.2) is 0 Å². The van der Waals surface area contributed by atoms with Gasteiger partial charge in [0.1, 0.15) is 0 Å². The highest BCUT2D eigenvalue weighted by atomic mass is 16.5. The molecule has 0 fully saturated rings. The first-order valence-corrected chi connectivity index (χ1v) is 5.06. The third-order valence-corrected chi connectivity index (χ3v) is 1.72. The SMILES string of the molecule is COc1nc(NCCOCCO)nc(OC)n1. The number of methoxy groups -OCH3 is 2. The van der Waals surface area contributed by atoms with E-state index in [4.69, 9.17) is 19.3 Å². The average Bonchev–Trinajstić information content (AvgIpc) is 2.38. The molecular formula is C9H16N4O4. The van der Waals surface area contributed by atoms with E-state index in [9.17, 15) is 0 Å². The van der Waals surface area contributed by atoms with E-state index in [-0.39, 0.29) is 18.6 Å². The Morgan fingerprint density at radius 1 is 1.06 bits per heavy atom. The monoisotopic (exact) mass is 244 g/mol. The quantitative estimate of drug-likeness (QED) is 0.580. The lowest BCUT2D eigenvalue weighted by molar-refractivity contribution is 0.0991. The van der Waals surface area contributed by atoms with Gasteiger partial charge < -0.3 is 24.6 Å². The van der Waals surface area contributed by atoms with Crippen molar-refractivity contribution in [1.82, 2.24) is 15.0 Å². The molecule has 0 saturated carbocycles. The summed E-state index contributed by atoms with van der Waals surface area (Å²) in [5.74, 6) is 0.348. The van der Waals surface area contributed by atoms with Gasteiger partial charge >= 0.3 is 12.0 Å². The van der Waals surface area contributed by atoms with Gasteiger partial charge in [0.25, 0.3) is 0 Å². The summed E-state index contributed by atoms with van der Waals surface area (Å²) in [6, 6.07) is 0.353. The summed E-state index contributed by atoms with van der Waals surface area (Å²) in [5.41, 5.74) is 0. The van der Waals surface area contributed by atoms with Crippen LogP contribution in [-0.2, 0) is 4.74 Å². The minimum Gasteiger partial charge on any atom is -0.467 e. The van der Waals surface area contributed by atoms with E-state index >= 15 is 0 Å². The number of aromatic nitrogens is 3. The van der Waals surface area contributed by atoms with Crippen molar-refractivity contribution in [3.63, 3.8) is 0 Å². The van der Waals surface area contributed by atoms with Crippen LogP contribution >= 0.6 is 0 Å². The maximum Gasteiger partial charge on any atom is 0.324 e. The summed E-state index contributed by atoms with van der Waals surface area (Å²) in [4.78, 5) is 11.8. The highest BCUT2D eigenvalue weighted by molar-refractivity contribution is 5.27. The predicted octanol–water partition coefficient (Wildman–Crippen LogP) is -0.690. The highest BCUT2D eigenvalue weighted by Crippen LogP contribution is 2.11.